The molecule has 1 amide bonds. The monoisotopic (exact) mass is 300 g/mol. The van der Waals surface area contributed by atoms with Gasteiger partial charge in [0.05, 0.1) is 11.3 Å². The van der Waals surface area contributed by atoms with Crippen molar-refractivity contribution in [2.24, 2.45) is 0 Å². The zero-order valence-electron chi connectivity index (χ0n) is 11.4. The number of amides is 1. The van der Waals surface area contributed by atoms with Crippen LogP contribution in [0.2, 0.25) is 0 Å². The highest BCUT2D eigenvalue weighted by molar-refractivity contribution is 6.05. The van der Waals surface area contributed by atoms with Crippen molar-refractivity contribution in [3.05, 3.63) is 69.8 Å². The molecule has 0 radical (unpaired) electrons. The Bertz CT molecular complexity index is 742. The van der Waals surface area contributed by atoms with Gasteiger partial charge < -0.3 is 10.4 Å². The number of aliphatic carboxylic acids is 1. The summed E-state index contributed by atoms with van der Waals surface area (Å²) in [5, 5.41) is 22.1. The van der Waals surface area contributed by atoms with Gasteiger partial charge in [-0.05, 0) is 17.7 Å². The summed E-state index contributed by atoms with van der Waals surface area (Å²) in [7, 11) is 0. The molecule has 0 saturated carbocycles. The van der Waals surface area contributed by atoms with E-state index < -0.39 is 16.8 Å². The highest BCUT2D eigenvalue weighted by Crippen LogP contribution is 2.19. The van der Waals surface area contributed by atoms with Gasteiger partial charge in [-0.15, -0.1) is 0 Å². The van der Waals surface area contributed by atoms with E-state index in [0.717, 1.165) is 0 Å². The quantitative estimate of drug-likeness (QED) is 0.651. The number of nitrogens with one attached hydrogen (secondary N) is 1. The zero-order valence-corrected chi connectivity index (χ0v) is 11.4. The number of benzene rings is 2. The second-order valence-electron chi connectivity index (χ2n) is 4.49. The van der Waals surface area contributed by atoms with Crippen LogP contribution in [0.15, 0.2) is 48.5 Å². The van der Waals surface area contributed by atoms with Gasteiger partial charge in [0.25, 0.3) is 11.6 Å². The highest BCUT2D eigenvalue weighted by Gasteiger charge is 2.14. The first-order chi connectivity index (χ1) is 10.5. The third-order valence-electron chi connectivity index (χ3n) is 2.92. The number of carboxylic acid groups (broad SMARTS) is 1. The standard InChI is InChI=1S/C15H12N2O5/c18-14(19)8-10-4-1-2-7-13(10)15(20)16-11-5-3-6-12(9-11)17(21)22/h1-7,9H,8H2,(H,16,20)(H,18,19). The predicted molar refractivity (Wildman–Crippen MR) is 78.8 cm³/mol. The van der Waals surface area contributed by atoms with Crippen LogP contribution in [-0.2, 0) is 11.2 Å². The number of nitro groups is 1. The van der Waals surface area contributed by atoms with E-state index in [2.05, 4.69) is 5.32 Å². The Morgan fingerprint density at radius 1 is 1.14 bits per heavy atom. The maximum atomic E-state index is 12.2. The van der Waals surface area contributed by atoms with E-state index in [1.807, 2.05) is 0 Å². The lowest BCUT2D eigenvalue weighted by atomic mass is 10.0. The first kappa shape index (κ1) is 15.2. The normalized spacial score (nSPS) is 10.0. The van der Waals surface area contributed by atoms with Crippen LogP contribution in [0.4, 0.5) is 11.4 Å². The maximum absolute atomic E-state index is 12.2. The number of carbonyl (C=O) groups is 2. The minimum atomic E-state index is -1.05. The molecule has 0 aliphatic rings. The van der Waals surface area contributed by atoms with E-state index in [1.165, 1.54) is 30.3 Å². The number of carboxylic acids is 1. The molecule has 0 aliphatic carbocycles. The zero-order chi connectivity index (χ0) is 16.1. The van der Waals surface area contributed by atoms with Crippen LogP contribution in [0.3, 0.4) is 0 Å². The summed E-state index contributed by atoms with van der Waals surface area (Å²) < 4.78 is 0. The minimum Gasteiger partial charge on any atom is -0.481 e. The molecule has 0 unspecified atom stereocenters. The Kier molecular flexibility index (Phi) is 4.47. The number of non-ortho nitro benzene ring substituents is 1. The fourth-order valence-electron chi connectivity index (χ4n) is 1.95. The smallest absolute Gasteiger partial charge is 0.307 e. The predicted octanol–water partition coefficient (Wildman–Crippen LogP) is 2.47. The molecular weight excluding hydrogens is 288 g/mol. The summed E-state index contributed by atoms with van der Waals surface area (Å²) in [6.07, 6.45) is -0.279. The molecule has 0 aliphatic heterocycles. The second kappa shape index (κ2) is 6.49. The fraction of sp³-hybridized carbons (Fsp3) is 0.0667. The number of hydrogen-bond donors (Lipinski definition) is 2. The molecule has 2 rings (SSSR count). The Hall–Kier alpha value is -3.22. The van der Waals surface area contributed by atoms with Gasteiger partial charge in [-0.3, -0.25) is 19.7 Å². The molecule has 0 fully saturated rings. The fourth-order valence-corrected chi connectivity index (χ4v) is 1.95. The largest absolute Gasteiger partial charge is 0.481 e. The maximum Gasteiger partial charge on any atom is 0.307 e. The Morgan fingerprint density at radius 2 is 1.86 bits per heavy atom. The molecule has 0 bridgehead atoms. The van der Waals surface area contributed by atoms with Gasteiger partial charge in [-0.25, -0.2) is 0 Å². The molecule has 0 saturated heterocycles. The van der Waals surface area contributed by atoms with Crippen molar-refractivity contribution in [3.8, 4) is 0 Å². The molecule has 2 aromatic rings. The van der Waals surface area contributed by atoms with Crippen LogP contribution in [-0.4, -0.2) is 21.9 Å². The van der Waals surface area contributed by atoms with Gasteiger partial charge in [0.1, 0.15) is 0 Å². The van der Waals surface area contributed by atoms with Crippen molar-refractivity contribution in [2.45, 2.75) is 6.42 Å². The topological polar surface area (TPSA) is 110 Å². The Labute approximate surface area is 125 Å². The number of nitrogens with zero attached hydrogens (tertiary/aromatic N) is 1. The molecule has 0 atom stereocenters. The van der Waals surface area contributed by atoms with E-state index in [1.54, 1.807) is 18.2 Å². The summed E-state index contributed by atoms with van der Waals surface area (Å²) in [4.78, 5) is 33.2. The first-order valence-corrected chi connectivity index (χ1v) is 6.33. The molecule has 2 N–H and O–H groups in total. The summed E-state index contributed by atoms with van der Waals surface area (Å²) in [6.45, 7) is 0. The van der Waals surface area contributed by atoms with Gasteiger partial charge in [0.2, 0.25) is 0 Å². The van der Waals surface area contributed by atoms with Crippen molar-refractivity contribution >= 4 is 23.3 Å². The molecule has 7 heteroatoms. The molecule has 2 aromatic carbocycles. The lowest BCUT2D eigenvalue weighted by molar-refractivity contribution is -0.384. The number of anilines is 1. The van der Waals surface area contributed by atoms with Crippen molar-refractivity contribution in [3.63, 3.8) is 0 Å². The SMILES string of the molecule is O=C(O)Cc1ccccc1C(=O)Nc1cccc([N+](=O)[O-])c1. The van der Waals surface area contributed by atoms with Crippen molar-refractivity contribution in [1.82, 2.24) is 0 Å². The van der Waals surface area contributed by atoms with Crippen molar-refractivity contribution in [1.29, 1.82) is 0 Å². The number of nitro benzene ring substituents is 1. The van der Waals surface area contributed by atoms with Crippen LogP contribution in [0.25, 0.3) is 0 Å². The average Bonchev–Trinajstić information content (AvgIpc) is 2.47. The molecule has 7 nitrogen and oxygen atoms in total. The number of rotatable bonds is 5. The summed E-state index contributed by atoms with van der Waals surface area (Å²) in [5.74, 6) is -1.56. The molecule has 22 heavy (non-hydrogen) atoms. The molecule has 0 spiro atoms. The highest BCUT2D eigenvalue weighted by atomic mass is 16.6. The van der Waals surface area contributed by atoms with E-state index in [4.69, 9.17) is 5.11 Å². The number of hydrogen-bond acceptors (Lipinski definition) is 4. The lowest BCUT2D eigenvalue weighted by Crippen LogP contribution is -2.15. The number of carbonyl (C=O) groups excluding carboxylic acids is 1. The van der Waals surface area contributed by atoms with E-state index in [0.29, 0.717) is 5.56 Å². The van der Waals surface area contributed by atoms with Gasteiger partial charge in [0, 0.05) is 23.4 Å². The van der Waals surface area contributed by atoms with Crippen LogP contribution >= 0.6 is 0 Å². The Morgan fingerprint density at radius 3 is 2.55 bits per heavy atom. The summed E-state index contributed by atoms with van der Waals surface area (Å²) in [5.41, 5.74) is 0.718. The van der Waals surface area contributed by atoms with Crippen LogP contribution in [0.1, 0.15) is 15.9 Å². The van der Waals surface area contributed by atoms with E-state index >= 15 is 0 Å². The van der Waals surface area contributed by atoms with Crippen LogP contribution in [0.5, 0.6) is 0 Å². The van der Waals surface area contributed by atoms with Crippen molar-refractivity contribution < 1.29 is 19.6 Å². The van der Waals surface area contributed by atoms with Gasteiger partial charge in [-0.2, -0.15) is 0 Å². The lowest BCUT2D eigenvalue weighted by Gasteiger charge is -2.08. The second-order valence-corrected chi connectivity index (χ2v) is 4.49. The molecule has 112 valence electrons. The third-order valence-corrected chi connectivity index (χ3v) is 2.92. The van der Waals surface area contributed by atoms with Gasteiger partial charge >= 0.3 is 5.97 Å². The average molecular weight is 300 g/mol. The molecular formula is C15H12N2O5. The summed E-state index contributed by atoms with van der Waals surface area (Å²) >= 11 is 0. The minimum absolute atomic E-state index is 0.142. The van der Waals surface area contributed by atoms with E-state index in [-0.39, 0.29) is 23.4 Å². The Balaban J connectivity index is 2.24. The van der Waals surface area contributed by atoms with Crippen LogP contribution in [0, 0.1) is 10.1 Å². The summed E-state index contributed by atoms with van der Waals surface area (Å²) in [6, 6.07) is 11.8. The third kappa shape index (κ3) is 3.66. The van der Waals surface area contributed by atoms with Gasteiger partial charge in [-0.1, -0.05) is 24.3 Å². The first-order valence-electron chi connectivity index (χ1n) is 6.33. The van der Waals surface area contributed by atoms with Gasteiger partial charge in [0.15, 0.2) is 0 Å². The molecule has 0 heterocycles. The van der Waals surface area contributed by atoms with Crippen molar-refractivity contribution in [2.75, 3.05) is 5.32 Å². The molecule has 0 aromatic heterocycles. The van der Waals surface area contributed by atoms with Crippen LogP contribution < -0.4 is 5.32 Å². The van der Waals surface area contributed by atoms with E-state index in [9.17, 15) is 19.7 Å².